The smallest absolute Gasteiger partial charge is 0.0960 e. The first kappa shape index (κ1) is 8.14. The molecule has 1 aliphatic heterocycles. The van der Waals surface area contributed by atoms with Crippen molar-refractivity contribution in [2.24, 2.45) is 5.92 Å². The molecule has 1 aromatic heterocycles. The maximum atomic E-state index is 5.81. The van der Waals surface area contributed by atoms with Crippen LogP contribution in [0.3, 0.4) is 0 Å². The third-order valence-electron chi connectivity index (χ3n) is 2.28. The van der Waals surface area contributed by atoms with Gasteiger partial charge in [0.2, 0.25) is 0 Å². The van der Waals surface area contributed by atoms with Crippen molar-refractivity contribution in [3.63, 3.8) is 0 Å². The molecule has 2 rings (SSSR count). The van der Waals surface area contributed by atoms with Crippen molar-refractivity contribution in [1.29, 1.82) is 0 Å². The first-order chi connectivity index (χ1) is 5.92. The predicted molar refractivity (Wildman–Crippen MR) is 46.2 cm³/mol. The molecule has 1 aliphatic rings. The van der Waals surface area contributed by atoms with Crippen molar-refractivity contribution < 1.29 is 9.15 Å². The van der Waals surface area contributed by atoms with E-state index in [2.05, 4.69) is 0 Å². The van der Waals surface area contributed by atoms with E-state index in [1.807, 2.05) is 6.07 Å². The van der Waals surface area contributed by atoms with Crippen molar-refractivity contribution in [1.82, 2.24) is 0 Å². The van der Waals surface area contributed by atoms with Gasteiger partial charge < -0.3 is 9.15 Å². The van der Waals surface area contributed by atoms with Crippen LogP contribution in [0, 0.1) is 5.92 Å². The van der Waals surface area contributed by atoms with Gasteiger partial charge in [-0.05, 0) is 12.5 Å². The lowest BCUT2D eigenvalue weighted by atomic mass is 9.99. The monoisotopic (exact) mass is 186 g/mol. The lowest BCUT2D eigenvalue weighted by Gasteiger charge is -2.13. The highest BCUT2D eigenvalue weighted by molar-refractivity contribution is 6.18. The molecule has 3 heteroatoms. The topological polar surface area (TPSA) is 22.4 Å². The molecule has 12 heavy (non-hydrogen) atoms. The van der Waals surface area contributed by atoms with Crippen LogP contribution in [0.5, 0.6) is 0 Å². The van der Waals surface area contributed by atoms with Crippen LogP contribution >= 0.6 is 11.6 Å². The number of ether oxygens (including phenoxy) is 1. The summed E-state index contributed by atoms with van der Waals surface area (Å²) in [6.45, 7) is 0.813. The van der Waals surface area contributed by atoms with Crippen LogP contribution in [0.15, 0.2) is 23.0 Å². The Morgan fingerprint density at radius 1 is 1.58 bits per heavy atom. The maximum Gasteiger partial charge on any atom is 0.0960 e. The molecule has 1 fully saturated rings. The number of alkyl halides is 1. The molecule has 0 aliphatic carbocycles. The third kappa shape index (κ3) is 1.37. The van der Waals surface area contributed by atoms with Gasteiger partial charge in [-0.2, -0.15) is 0 Å². The molecule has 0 N–H and O–H groups in total. The molecule has 0 aromatic carbocycles. The van der Waals surface area contributed by atoms with Crippen molar-refractivity contribution in [2.45, 2.75) is 12.5 Å². The van der Waals surface area contributed by atoms with Crippen molar-refractivity contribution in [3.8, 4) is 0 Å². The summed E-state index contributed by atoms with van der Waals surface area (Å²) in [5.74, 6) is 1.11. The molecular formula is C9H11ClO2. The summed E-state index contributed by atoms with van der Waals surface area (Å²) in [5, 5.41) is 0. The summed E-state index contributed by atoms with van der Waals surface area (Å²) < 4.78 is 10.6. The lowest BCUT2D eigenvalue weighted by molar-refractivity contribution is 0.0946. The van der Waals surface area contributed by atoms with E-state index in [4.69, 9.17) is 20.8 Å². The van der Waals surface area contributed by atoms with Crippen LogP contribution in [-0.2, 0) is 4.74 Å². The fraction of sp³-hybridized carbons (Fsp3) is 0.556. The molecule has 0 amide bonds. The standard InChI is InChI=1S/C9H11ClO2/c10-5-7-2-4-12-9(7)8-1-3-11-6-8/h1,3,6-7,9H,2,4-5H2. The zero-order valence-corrected chi connectivity index (χ0v) is 7.46. The molecule has 0 spiro atoms. The second-order valence-electron chi connectivity index (χ2n) is 3.05. The SMILES string of the molecule is ClCC1CCOC1c1ccoc1. The van der Waals surface area contributed by atoms with Gasteiger partial charge in [0.1, 0.15) is 0 Å². The number of furan rings is 1. The quantitative estimate of drug-likeness (QED) is 0.663. The van der Waals surface area contributed by atoms with E-state index in [1.165, 1.54) is 0 Å². The molecule has 2 heterocycles. The lowest BCUT2D eigenvalue weighted by Crippen LogP contribution is -2.07. The zero-order chi connectivity index (χ0) is 8.39. The van der Waals surface area contributed by atoms with Crippen LogP contribution in [0.1, 0.15) is 18.1 Å². The number of rotatable bonds is 2. The Balaban J connectivity index is 2.13. The average molecular weight is 187 g/mol. The normalized spacial score (nSPS) is 29.4. The van der Waals surface area contributed by atoms with Crippen molar-refractivity contribution in [2.75, 3.05) is 12.5 Å². The van der Waals surface area contributed by atoms with E-state index in [9.17, 15) is 0 Å². The highest BCUT2D eigenvalue weighted by Gasteiger charge is 2.29. The fourth-order valence-electron chi connectivity index (χ4n) is 1.60. The summed E-state index contributed by atoms with van der Waals surface area (Å²) in [4.78, 5) is 0. The van der Waals surface area contributed by atoms with E-state index < -0.39 is 0 Å². The first-order valence-corrected chi connectivity index (χ1v) is 4.65. The van der Waals surface area contributed by atoms with E-state index in [0.717, 1.165) is 18.6 Å². The number of hydrogen-bond donors (Lipinski definition) is 0. The minimum Gasteiger partial charge on any atom is -0.472 e. The van der Waals surface area contributed by atoms with Crippen LogP contribution in [0.2, 0.25) is 0 Å². The average Bonchev–Trinajstić information content (AvgIpc) is 2.74. The van der Waals surface area contributed by atoms with Gasteiger partial charge in [0.05, 0.1) is 18.6 Å². The van der Waals surface area contributed by atoms with E-state index in [1.54, 1.807) is 12.5 Å². The van der Waals surface area contributed by atoms with Gasteiger partial charge in [-0.25, -0.2) is 0 Å². The Bertz CT molecular complexity index is 233. The second-order valence-corrected chi connectivity index (χ2v) is 3.36. The Kier molecular flexibility index (Phi) is 2.38. The minimum absolute atomic E-state index is 0.154. The van der Waals surface area contributed by atoms with Gasteiger partial charge in [0.25, 0.3) is 0 Å². The van der Waals surface area contributed by atoms with Gasteiger partial charge in [-0.3, -0.25) is 0 Å². The predicted octanol–water partition coefficient (Wildman–Crippen LogP) is 2.60. The van der Waals surface area contributed by atoms with Crippen LogP contribution < -0.4 is 0 Å². The summed E-state index contributed by atoms with van der Waals surface area (Å²) in [6, 6.07) is 1.94. The highest BCUT2D eigenvalue weighted by Crippen LogP contribution is 2.35. The van der Waals surface area contributed by atoms with Crippen LogP contribution in [-0.4, -0.2) is 12.5 Å². The van der Waals surface area contributed by atoms with Gasteiger partial charge >= 0.3 is 0 Å². The van der Waals surface area contributed by atoms with Crippen molar-refractivity contribution in [3.05, 3.63) is 24.2 Å². The summed E-state index contributed by atoms with van der Waals surface area (Å²) >= 11 is 5.81. The first-order valence-electron chi connectivity index (χ1n) is 4.11. The van der Waals surface area contributed by atoms with Crippen molar-refractivity contribution >= 4 is 11.6 Å². The van der Waals surface area contributed by atoms with Gasteiger partial charge in [0, 0.05) is 24.0 Å². The highest BCUT2D eigenvalue weighted by atomic mass is 35.5. The molecule has 2 nitrogen and oxygen atoms in total. The van der Waals surface area contributed by atoms with Gasteiger partial charge in [-0.1, -0.05) is 0 Å². The maximum absolute atomic E-state index is 5.81. The molecule has 2 unspecified atom stereocenters. The number of hydrogen-bond acceptors (Lipinski definition) is 2. The molecule has 2 atom stereocenters. The molecule has 1 aromatic rings. The van der Waals surface area contributed by atoms with E-state index >= 15 is 0 Å². The summed E-state index contributed by atoms with van der Waals surface area (Å²) in [6.07, 6.45) is 4.61. The third-order valence-corrected chi connectivity index (χ3v) is 2.68. The Morgan fingerprint density at radius 2 is 2.50 bits per heavy atom. The van der Waals surface area contributed by atoms with Gasteiger partial charge in [-0.15, -0.1) is 11.6 Å². The van der Waals surface area contributed by atoms with E-state index in [0.29, 0.717) is 11.8 Å². The summed E-state index contributed by atoms with van der Waals surface area (Å²) in [5.41, 5.74) is 1.11. The zero-order valence-electron chi connectivity index (χ0n) is 6.70. The van der Waals surface area contributed by atoms with Gasteiger partial charge in [0.15, 0.2) is 0 Å². The molecule has 66 valence electrons. The Labute approximate surface area is 76.5 Å². The largest absolute Gasteiger partial charge is 0.472 e. The molecular weight excluding hydrogens is 176 g/mol. The minimum atomic E-state index is 0.154. The fourth-order valence-corrected chi connectivity index (χ4v) is 1.91. The van der Waals surface area contributed by atoms with Crippen LogP contribution in [0.4, 0.5) is 0 Å². The molecule has 0 saturated carbocycles. The Morgan fingerprint density at radius 3 is 3.17 bits per heavy atom. The molecule has 0 bridgehead atoms. The Hall–Kier alpha value is -0.470. The summed E-state index contributed by atoms with van der Waals surface area (Å²) in [7, 11) is 0. The van der Waals surface area contributed by atoms with Crippen LogP contribution in [0.25, 0.3) is 0 Å². The second kappa shape index (κ2) is 3.50. The number of halogens is 1. The molecule has 1 saturated heterocycles. The van der Waals surface area contributed by atoms with E-state index in [-0.39, 0.29) is 6.10 Å². The molecule has 0 radical (unpaired) electrons.